The van der Waals surface area contributed by atoms with E-state index in [1.165, 1.54) is 6.07 Å². The molecule has 2 aromatic rings. The van der Waals surface area contributed by atoms with Crippen LogP contribution in [0.15, 0.2) is 35.1 Å². The molecule has 0 amide bonds. The topological polar surface area (TPSA) is 41.0 Å². The molecule has 1 fully saturated rings. The molecule has 0 radical (unpaired) electrons. The number of hydrogen-bond acceptors (Lipinski definition) is 4. The zero-order valence-electron chi connectivity index (χ0n) is 13.4. The molecule has 1 atom stereocenters. The third kappa shape index (κ3) is 5.05. The molecule has 2 heterocycles. The molecule has 1 aromatic heterocycles. The van der Waals surface area contributed by atoms with E-state index in [9.17, 15) is 17.6 Å². The Labute approximate surface area is 162 Å². The number of nitrogens with one attached hydrogen (secondary N) is 1. The smallest absolute Gasteiger partial charge is 0.339 e. The van der Waals surface area contributed by atoms with E-state index in [1.54, 1.807) is 12.4 Å². The minimum atomic E-state index is -4.54. The lowest BCUT2D eigenvalue weighted by atomic mass is 10.1. The summed E-state index contributed by atoms with van der Waals surface area (Å²) in [6.07, 6.45) is -0.382. The number of nitrogens with zero attached hydrogens (tertiary/aromatic N) is 3. The van der Waals surface area contributed by atoms with Gasteiger partial charge in [-0.15, -0.1) is 12.4 Å². The van der Waals surface area contributed by atoms with Crippen LogP contribution in [0.2, 0.25) is 0 Å². The minimum absolute atomic E-state index is 0. The van der Waals surface area contributed by atoms with Crippen LogP contribution in [0.3, 0.4) is 0 Å². The fraction of sp³-hybridized carbons (Fsp3) is 0.375. The maximum absolute atomic E-state index is 13.9. The van der Waals surface area contributed by atoms with Gasteiger partial charge in [0.1, 0.15) is 5.82 Å². The second kappa shape index (κ2) is 8.49. The van der Waals surface area contributed by atoms with Gasteiger partial charge in [0, 0.05) is 43.6 Å². The molecule has 1 saturated heterocycles. The molecule has 0 aliphatic carbocycles. The van der Waals surface area contributed by atoms with Crippen molar-refractivity contribution in [3.8, 4) is 0 Å². The standard InChI is InChI=1S/C16H15BrF4N4.ClH/c17-12-7-23-15(24-8-12)25-4-3-13(9-25)22-6-10-1-2-11(5-14(10)18)16(19,20)21;/h1-2,5,7-8,13,22H,3-4,6,9H2;1H/t13-;/m0./s1. The van der Waals surface area contributed by atoms with Gasteiger partial charge >= 0.3 is 6.18 Å². The second-order valence-corrected chi connectivity index (χ2v) is 6.73. The number of benzene rings is 1. The summed E-state index contributed by atoms with van der Waals surface area (Å²) in [5.41, 5.74) is -0.764. The first kappa shape index (κ1) is 20.9. The van der Waals surface area contributed by atoms with E-state index in [-0.39, 0.29) is 30.6 Å². The maximum atomic E-state index is 13.9. The van der Waals surface area contributed by atoms with Crippen molar-refractivity contribution in [2.75, 3.05) is 18.0 Å². The van der Waals surface area contributed by atoms with Crippen LogP contribution in [0.4, 0.5) is 23.5 Å². The van der Waals surface area contributed by atoms with Gasteiger partial charge < -0.3 is 10.2 Å². The first-order valence-corrected chi connectivity index (χ1v) is 8.44. The number of alkyl halides is 3. The summed E-state index contributed by atoms with van der Waals surface area (Å²) < 4.78 is 52.3. The SMILES string of the molecule is Cl.Fc1cc(C(F)(F)F)ccc1CN[C@H]1CCN(c2ncc(Br)cn2)C1. The molecule has 26 heavy (non-hydrogen) atoms. The van der Waals surface area contributed by atoms with E-state index in [0.29, 0.717) is 18.6 Å². The van der Waals surface area contributed by atoms with Crippen LogP contribution in [0.5, 0.6) is 0 Å². The van der Waals surface area contributed by atoms with Crippen molar-refractivity contribution in [2.45, 2.75) is 25.2 Å². The molecule has 142 valence electrons. The molecule has 10 heteroatoms. The molecule has 3 rings (SSSR count). The average Bonchev–Trinajstić information content (AvgIpc) is 3.02. The Morgan fingerprint density at radius 3 is 2.54 bits per heavy atom. The second-order valence-electron chi connectivity index (χ2n) is 5.82. The zero-order valence-corrected chi connectivity index (χ0v) is 15.8. The van der Waals surface area contributed by atoms with Crippen molar-refractivity contribution < 1.29 is 17.6 Å². The summed E-state index contributed by atoms with van der Waals surface area (Å²) in [7, 11) is 0. The van der Waals surface area contributed by atoms with Crippen LogP contribution in [0.25, 0.3) is 0 Å². The molecule has 4 nitrogen and oxygen atoms in total. The van der Waals surface area contributed by atoms with Gasteiger partial charge in [-0.2, -0.15) is 13.2 Å². The summed E-state index contributed by atoms with van der Waals surface area (Å²) in [5, 5.41) is 3.18. The van der Waals surface area contributed by atoms with Crippen LogP contribution in [-0.2, 0) is 12.7 Å². The Bertz CT molecular complexity index is 742. The van der Waals surface area contributed by atoms with E-state index in [4.69, 9.17) is 0 Å². The van der Waals surface area contributed by atoms with E-state index < -0.39 is 17.6 Å². The van der Waals surface area contributed by atoms with Gasteiger partial charge in [-0.3, -0.25) is 0 Å². The number of halogens is 6. The van der Waals surface area contributed by atoms with Crippen molar-refractivity contribution in [3.63, 3.8) is 0 Å². The van der Waals surface area contributed by atoms with Crippen LogP contribution in [-0.4, -0.2) is 29.1 Å². The van der Waals surface area contributed by atoms with Crippen LogP contribution in [0.1, 0.15) is 17.5 Å². The number of hydrogen-bond donors (Lipinski definition) is 1. The zero-order chi connectivity index (χ0) is 18.0. The fourth-order valence-corrected chi connectivity index (χ4v) is 2.90. The van der Waals surface area contributed by atoms with E-state index in [1.807, 2.05) is 4.90 Å². The van der Waals surface area contributed by atoms with Crippen molar-refractivity contribution in [1.82, 2.24) is 15.3 Å². The molecule has 0 spiro atoms. The third-order valence-electron chi connectivity index (χ3n) is 4.04. The molecular weight excluding hydrogens is 440 g/mol. The molecule has 1 N–H and O–H groups in total. The Morgan fingerprint density at radius 1 is 1.23 bits per heavy atom. The highest BCUT2D eigenvalue weighted by Gasteiger charge is 2.31. The van der Waals surface area contributed by atoms with E-state index >= 15 is 0 Å². The van der Waals surface area contributed by atoms with E-state index in [0.717, 1.165) is 23.5 Å². The quantitative estimate of drug-likeness (QED) is 0.702. The molecule has 1 aliphatic heterocycles. The predicted molar refractivity (Wildman–Crippen MR) is 95.8 cm³/mol. The van der Waals surface area contributed by atoms with Crippen molar-refractivity contribution in [3.05, 3.63) is 52.0 Å². The first-order chi connectivity index (χ1) is 11.8. The lowest BCUT2D eigenvalue weighted by Crippen LogP contribution is -2.32. The largest absolute Gasteiger partial charge is 0.416 e. The van der Waals surface area contributed by atoms with Crippen LogP contribution in [0, 0.1) is 5.82 Å². The first-order valence-electron chi connectivity index (χ1n) is 7.64. The lowest BCUT2D eigenvalue weighted by Gasteiger charge is -2.17. The van der Waals surface area contributed by atoms with Crippen LogP contribution >= 0.6 is 28.3 Å². The van der Waals surface area contributed by atoms with Gasteiger partial charge in [0.15, 0.2) is 0 Å². The predicted octanol–water partition coefficient (Wildman–Crippen LogP) is 4.19. The molecule has 1 aromatic carbocycles. The van der Waals surface area contributed by atoms with Crippen molar-refractivity contribution in [2.24, 2.45) is 0 Å². The average molecular weight is 456 g/mol. The maximum Gasteiger partial charge on any atom is 0.416 e. The Morgan fingerprint density at radius 2 is 1.92 bits per heavy atom. The summed E-state index contributed by atoms with van der Waals surface area (Å²) >= 11 is 3.28. The number of aromatic nitrogens is 2. The Hall–Kier alpha value is -1.45. The highest BCUT2D eigenvalue weighted by atomic mass is 79.9. The molecule has 0 saturated carbocycles. The summed E-state index contributed by atoms with van der Waals surface area (Å²) in [6, 6.07) is 2.70. The fourth-order valence-electron chi connectivity index (χ4n) is 2.70. The Balaban J connectivity index is 0.00000243. The van der Waals surface area contributed by atoms with E-state index in [2.05, 4.69) is 31.2 Å². The molecule has 0 unspecified atom stereocenters. The summed E-state index contributed by atoms with van der Waals surface area (Å²) in [6.45, 7) is 1.59. The van der Waals surface area contributed by atoms with Crippen molar-refractivity contribution >= 4 is 34.3 Å². The highest BCUT2D eigenvalue weighted by molar-refractivity contribution is 9.10. The van der Waals surface area contributed by atoms with Gasteiger partial charge in [0.25, 0.3) is 0 Å². The summed E-state index contributed by atoms with van der Waals surface area (Å²) in [4.78, 5) is 10.5. The third-order valence-corrected chi connectivity index (χ3v) is 4.45. The van der Waals surface area contributed by atoms with Crippen LogP contribution < -0.4 is 10.2 Å². The Kier molecular flexibility index (Phi) is 6.81. The van der Waals surface area contributed by atoms with Gasteiger partial charge in [-0.25, -0.2) is 14.4 Å². The molecular formula is C16H16BrClF4N4. The molecule has 0 bridgehead atoms. The normalized spacial score (nSPS) is 17.3. The van der Waals surface area contributed by atoms with Gasteiger partial charge in [-0.05, 0) is 34.5 Å². The van der Waals surface area contributed by atoms with Gasteiger partial charge in [0.05, 0.1) is 10.0 Å². The molecule has 1 aliphatic rings. The van der Waals surface area contributed by atoms with Gasteiger partial charge in [0.2, 0.25) is 5.95 Å². The number of anilines is 1. The van der Waals surface area contributed by atoms with Gasteiger partial charge in [-0.1, -0.05) is 6.07 Å². The monoisotopic (exact) mass is 454 g/mol. The highest BCUT2D eigenvalue weighted by Crippen LogP contribution is 2.30. The lowest BCUT2D eigenvalue weighted by molar-refractivity contribution is -0.137. The minimum Gasteiger partial charge on any atom is -0.339 e. The summed E-state index contributed by atoms with van der Waals surface area (Å²) in [5.74, 6) is -0.235. The number of rotatable bonds is 4. The van der Waals surface area contributed by atoms with Crippen molar-refractivity contribution in [1.29, 1.82) is 0 Å².